The third-order valence-electron chi connectivity index (χ3n) is 3.55. The molecular weight excluding hydrogens is 316 g/mol. The van der Waals surface area contributed by atoms with Gasteiger partial charge in [-0.15, -0.1) is 0 Å². The van der Waals surface area contributed by atoms with Crippen molar-refractivity contribution < 1.29 is 17.9 Å². The van der Waals surface area contributed by atoms with Gasteiger partial charge in [-0.1, -0.05) is 0 Å². The summed E-state index contributed by atoms with van der Waals surface area (Å²) >= 11 is 0. The van der Waals surface area contributed by atoms with Crippen LogP contribution in [-0.4, -0.2) is 34.7 Å². The Labute approximate surface area is 134 Å². The summed E-state index contributed by atoms with van der Waals surface area (Å²) in [4.78, 5) is 0.529. The molecule has 7 heteroatoms. The van der Waals surface area contributed by atoms with Gasteiger partial charge in [-0.25, -0.2) is 8.42 Å². The quantitative estimate of drug-likeness (QED) is 0.701. The molecule has 0 aromatic heterocycles. The molecule has 0 atom stereocenters. The largest absolute Gasteiger partial charge is 0.492 e. The Kier molecular flexibility index (Phi) is 4.25. The van der Waals surface area contributed by atoms with E-state index in [-0.39, 0.29) is 9.79 Å². The Bertz CT molecular complexity index is 834. The standard InChI is InChI=1S/C16H18N2O4S/c17-5-7-21-11-2-4-15-14(9-11)13-3-1-12(22-8-6-18)10-16(13)23(15,19)20/h1-4,9-10H,5-8,17-18H2. The molecule has 0 fully saturated rings. The summed E-state index contributed by atoms with van der Waals surface area (Å²) in [6, 6.07) is 9.97. The lowest BCUT2D eigenvalue weighted by molar-refractivity contribution is 0.327. The number of fused-ring (bicyclic) bond motifs is 3. The first-order valence-corrected chi connectivity index (χ1v) is 8.75. The molecule has 0 aliphatic carbocycles. The van der Waals surface area contributed by atoms with Gasteiger partial charge in [0.15, 0.2) is 0 Å². The van der Waals surface area contributed by atoms with Crippen LogP contribution in [0, 0.1) is 0 Å². The van der Waals surface area contributed by atoms with Gasteiger partial charge in [0, 0.05) is 24.2 Å². The van der Waals surface area contributed by atoms with E-state index in [1.807, 2.05) is 0 Å². The summed E-state index contributed by atoms with van der Waals surface area (Å²) in [5, 5.41) is 0. The Morgan fingerprint density at radius 3 is 2.04 bits per heavy atom. The van der Waals surface area contributed by atoms with Crippen LogP contribution >= 0.6 is 0 Å². The molecule has 1 aliphatic heterocycles. The van der Waals surface area contributed by atoms with E-state index < -0.39 is 9.84 Å². The fourth-order valence-electron chi connectivity index (χ4n) is 2.55. The molecule has 0 bridgehead atoms. The van der Waals surface area contributed by atoms with Gasteiger partial charge in [-0.2, -0.15) is 0 Å². The maximum atomic E-state index is 12.7. The second kappa shape index (κ2) is 6.19. The van der Waals surface area contributed by atoms with E-state index >= 15 is 0 Å². The van der Waals surface area contributed by atoms with Gasteiger partial charge in [0.2, 0.25) is 9.84 Å². The second-order valence-electron chi connectivity index (χ2n) is 5.09. The highest BCUT2D eigenvalue weighted by Gasteiger charge is 2.33. The summed E-state index contributed by atoms with van der Waals surface area (Å²) in [5.74, 6) is 1.09. The smallest absolute Gasteiger partial charge is 0.207 e. The minimum absolute atomic E-state index is 0.248. The molecule has 6 nitrogen and oxygen atoms in total. The van der Waals surface area contributed by atoms with Gasteiger partial charge in [0.1, 0.15) is 24.7 Å². The van der Waals surface area contributed by atoms with Crippen LogP contribution in [0.2, 0.25) is 0 Å². The van der Waals surface area contributed by atoms with Crippen molar-refractivity contribution in [1.82, 2.24) is 0 Å². The first-order chi connectivity index (χ1) is 11.1. The molecule has 0 saturated carbocycles. The first kappa shape index (κ1) is 15.8. The van der Waals surface area contributed by atoms with Crippen LogP contribution in [0.1, 0.15) is 0 Å². The molecule has 3 rings (SSSR count). The van der Waals surface area contributed by atoms with Crippen LogP contribution in [0.4, 0.5) is 0 Å². The lowest BCUT2D eigenvalue weighted by Gasteiger charge is -2.07. The first-order valence-electron chi connectivity index (χ1n) is 7.27. The monoisotopic (exact) mass is 334 g/mol. The van der Waals surface area contributed by atoms with Crippen molar-refractivity contribution in [3.05, 3.63) is 36.4 Å². The highest BCUT2D eigenvalue weighted by molar-refractivity contribution is 7.92. The Hall–Kier alpha value is -2.09. The number of nitrogens with two attached hydrogens (primary N) is 2. The molecule has 2 aromatic rings. The van der Waals surface area contributed by atoms with Crippen molar-refractivity contribution in [2.75, 3.05) is 26.3 Å². The number of ether oxygens (including phenoxy) is 2. The molecular formula is C16H18N2O4S. The summed E-state index contributed by atoms with van der Waals surface area (Å²) in [6.45, 7) is 1.48. The predicted molar refractivity (Wildman–Crippen MR) is 86.4 cm³/mol. The SMILES string of the molecule is NCCOc1ccc2c(c1)-c1ccc(OCCN)cc1S2(=O)=O. The minimum Gasteiger partial charge on any atom is -0.492 e. The highest BCUT2D eigenvalue weighted by atomic mass is 32.2. The molecule has 0 radical (unpaired) electrons. The number of sulfone groups is 1. The third kappa shape index (κ3) is 2.78. The van der Waals surface area contributed by atoms with Crippen molar-refractivity contribution in [3.63, 3.8) is 0 Å². The van der Waals surface area contributed by atoms with E-state index in [0.29, 0.717) is 48.9 Å². The Morgan fingerprint density at radius 1 is 0.783 bits per heavy atom. The van der Waals surface area contributed by atoms with Crippen LogP contribution in [0.5, 0.6) is 11.5 Å². The molecule has 122 valence electrons. The fraction of sp³-hybridized carbons (Fsp3) is 0.250. The summed E-state index contributed by atoms with van der Waals surface area (Å²) in [7, 11) is -3.54. The van der Waals surface area contributed by atoms with E-state index in [1.54, 1.807) is 36.4 Å². The number of hydrogen-bond acceptors (Lipinski definition) is 6. The second-order valence-corrected chi connectivity index (χ2v) is 6.98. The van der Waals surface area contributed by atoms with Crippen LogP contribution in [0.15, 0.2) is 46.2 Å². The summed E-state index contributed by atoms with van der Waals surface area (Å²) in [5.41, 5.74) is 12.1. The van der Waals surface area contributed by atoms with Crippen molar-refractivity contribution >= 4 is 9.84 Å². The fourth-order valence-corrected chi connectivity index (χ4v) is 4.23. The molecule has 0 unspecified atom stereocenters. The molecule has 0 spiro atoms. The predicted octanol–water partition coefficient (Wildman–Crippen LogP) is 1.17. The lowest BCUT2D eigenvalue weighted by Crippen LogP contribution is -2.10. The zero-order valence-electron chi connectivity index (χ0n) is 12.5. The van der Waals surface area contributed by atoms with E-state index in [9.17, 15) is 8.42 Å². The Balaban J connectivity index is 2.05. The van der Waals surface area contributed by atoms with Gasteiger partial charge >= 0.3 is 0 Å². The van der Waals surface area contributed by atoms with Crippen LogP contribution in [0.3, 0.4) is 0 Å². The summed E-state index contributed by atoms with van der Waals surface area (Å²) < 4.78 is 36.3. The molecule has 0 amide bonds. The maximum absolute atomic E-state index is 12.7. The maximum Gasteiger partial charge on any atom is 0.207 e. The lowest BCUT2D eigenvalue weighted by atomic mass is 10.1. The number of benzene rings is 2. The average molecular weight is 334 g/mol. The van der Waals surface area contributed by atoms with Crippen LogP contribution < -0.4 is 20.9 Å². The van der Waals surface area contributed by atoms with E-state index in [1.165, 1.54) is 0 Å². The summed E-state index contributed by atoms with van der Waals surface area (Å²) in [6.07, 6.45) is 0. The van der Waals surface area contributed by atoms with Gasteiger partial charge in [-0.05, 0) is 36.4 Å². The molecule has 1 heterocycles. The van der Waals surface area contributed by atoms with E-state index in [4.69, 9.17) is 20.9 Å². The molecule has 4 N–H and O–H groups in total. The average Bonchev–Trinajstić information content (AvgIpc) is 2.78. The van der Waals surface area contributed by atoms with Gasteiger partial charge in [0.25, 0.3) is 0 Å². The normalized spacial score (nSPS) is 14.2. The zero-order chi connectivity index (χ0) is 16.4. The van der Waals surface area contributed by atoms with Crippen molar-refractivity contribution in [3.8, 4) is 22.6 Å². The minimum atomic E-state index is -3.54. The molecule has 2 aromatic carbocycles. The molecule has 0 saturated heterocycles. The third-order valence-corrected chi connectivity index (χ3v) is 5.40. The number of rotatable bonds is 6. The zero-order valence-corrected chi connectivity index (χ0v) is 13.3. The van der Waals surface area contributed by atoms with Crippen molar-refractivity contribution in [2.45, 2.75) is 9.79 Å². The molecule has 23 heavy (non-hydrogen) atoms. The highest BCUT2D eigenvalue weighted by Crippen LogP contribution is 2.45. The van der Waals surface area contributed by atoms with Crippen molar-refractivity contribution in [1.29, 1.82) is 0 Å². The van der Waals surface area contributed by atoms with Crippen LogP contribution in [-0.2, 0) is 9.84 Å². The van der Waals surface area contributed by atoms with Crippen molar-refractivity contribution in [2.24, 2.45) is 11.5 Å². The molecule has 1 aliphatic rings. The van der Waals surface area contributed by atoms with E-state index in [0.717, 1.165) is 0 Å². The number of hydrogen-bond donors (Lipinski definition) is 2. The van der Waals surface area contributed by atoms with Gasteiger partial charge < -0.3 is 20.9 Å². The Morgan fingerprint density at radius 2 is 1.39 bits per heavy atom. The topological polar surface area (TPSA) is 105 Å². The van der Waals surface area contributed by atoms with Gasteiger partial charge in [-0.3, -0.25) is 0 Å². The van der Waals surface area contributed by atoms with Gasteiger partial charge in [0.05, 0.1) is 9.79 Å². The van der Waals surface area contributed by atoms with Crippen LogP contribution in [0.25, 0.3) is 11.1 Å². The van der Waals surface area contributed by atoms with E-state index in [2.05, 4.69) is 0 Å².